The molecule has 26 heteroatoms. The number of carbonyl (C=O) groups excluding carboxylic acids is 3. The van der Waals surface area contributed by atoms with Crippen molar-refractivity contribution in [2.45, 2.75) is 63.2 Å². The number of nitrogens with two attached hydrogens (primary N) is 3. The van der Waals surface area contributed by atoms with E-state index in [1.54, 1.807) is 30.2 Å². The number of nitrogens with zero attached hydrogens (tertiary/aromatic N) is 16. The molecule has 0 spiro atoms. The Morgan fingerprint density at radius 3 is 1.34 bits per heavy atom. The van der Waals surface area contributed by atoms with Gasteiger partial charge in [0, 0.05) is 99.8 Å². The van der Waals surface area contributed by atoms with E-state index in [0.29, 0.717) is 199 Å². The average Bonchev–Trinajstić information content (AvgIpc) is 1.62. The monoisotopic (exact) mass is 1420 g/mol. The maximum Gasteiger partial charge on any atom is 0.298 e. The molecule has 15 rings (SSSR count). The van der Waals surface area contributed by atoms with Gasteiger partial charge in [0.05, 0.1) is 46.5 Å². The summed E-state index contributed by atoms with van der Waals surface area (Å²) in [5.74, 6) is 10.4. The van der Waals surface area contributed by atoms with Crippen molar-refractivity contribution in [2.75, 3.05) is 83.8 Å². The number of fused-ring (bicyclic) bond motifs is 3. The number of rotatable bonds is 20. The van der Waals surface area contributed by atoms with Crippen LogP contribution >= 0.6 is 0 Å². The van der Waals surface area contributed by atoms with Crippen molar-refractivity contribution in [3.63, 3.8) is 0 Å². The number of likely N-dealkylation sites (tertiary alicyclic amines) is 3. The van der Waals surface area contributed by atoms with Gasteiger partial charge in [0.1, 0.15) is 88.0 Å². The zero-order valence-corrected chi connectivity index (χ0v) is 58.6. The third-order valence-electron chi connectivity index (χ3n) is 19.5. The van der Waals surface area contributed by atoms with E-state index in [1.165, 1.54) is 19.0 Å². The van der Waals surface area contributed by atoms with Crippen molar-refractivity contribution in [3.05, 3.63) is 206 Å². The highest BCUT2D eigenvalue weighted by Gasteiger charge is 2.32. The Labute approximate surface area is 610 Å². The predicted molar refractivity (Wildman–Crippen MR) is 403 cm³/mol. The number of methoxy groups -OCH3 is 1. The van der Waals surface area contributed by atoms with Crippen molar-refractivity contribution in [1.29, 1.82) is 0 Å². The number of benzene rings is 6. The fourth-order valence-electron chi connectivity index (χ4n) is 14.0. The third kappa shape index (κ3) is 14.9. The van der Waals surface area contributed by atoms with Crippen molar-refractivity contribution < 1.29 is 33.3 Å². The number of ether oxygens (including phenoxy) is 4. The second-order valence-corrected chi connectivity index (χ2v) is 26.4. The van der Waals surface area contributed by atoms with E-state index in [-0.39, 0.29) is 35.8 Å². The van der Waals surface area contributed by atoms with Crippen LogP contribution in [0.3, 0.4) is 0 Å². The second-order valence-electron chi connectivity index (χ2n) is 26.4. The highest BCUT2D eigenvalue weighted by Crippen LogP contribution is 2.40. The van der Waals surface area contributed by atoms with Gasteiger partial charge >= 0.3 is 0 Å². The van der Waals surface area contributed by atoms with E-state index in [1.807, 2.05) is 189 Å². The number of hydrogen-bond donors (Lipinski definition) is 3. The van der Waals surface area contributed by atoms with Crippen LogP contribution in [0.4, 0.5) is 17.5 Å². The van der Waals surface area contributed by atoms with Gasteiger partial charge in [0.15, 0.2) is 16.9 Å². The minimum Gasteiger partial charge on any atom is -0.457 e. The van der Waals surface area contributed by atoms with Crippen LogP contribution in [-0.4, -0.2) is 163 Å². The summed E-state index contributed by atoms with van der Waals surface area (Å²) in [5, 5.41) is 17.3. The Kier molecular flexibility index (Phi) is 20.1. The van der Waals surface area contributed by atoms with E-state index in [0.717, 1.165) is 28.0 Å². The highest BCUT2D eigenvalue weighted by molar-refractivity contribution is 6.01. The first-order valence-electron chi connectivity index (χ1n) is 35.3. The smallest absolute Gasteiger partial charge is 0.298 e. The fraction of sp³-hybridized carbons (Fsp3) is 0.250. The van der Waals surface area contributed by atoms with Gasteiger partial charge in [-0.3, -0.25) is 19.3 Å². The van der Waals surface area contributed by atoms with E-state index in [4.69, 9.17) is 51.4 Å². The Morgan fingerprint density at radius 1 is 0.472 bits per heavy atom. The molecular formula is C80H77N19O7. The summed E-state index contributed by atoms with van der Waals surface area (Å²) in [6.45, 7) is 4.66. The zero-order valence-electron chi connectivity index (χ0n) is 58.6. The summed E-state index contributed by atoms with van der Waals surface area (Å²) in [4.78, 5) is 74.7. The standard InChI is InChI=1S/C80H77N19O7/c1-93(48-56-13-7-9-17-65(56)106-63-31-24-55(25-32-63)74-71-77(83)86-51-89-80(71)98(92-74)58-36-43-95(44-37-58)67(101)19-11-47-103-2)40-10-18-66(100)94-41-34-57(35-42-94)97-79-70(76(82)85-50-88-79)73(91-97)54-22-29-62(30-23-54)105-64-16-8-6-12-52(64)26-33-68(102)96-45-38-59(39-46-96)99-78-69(75(81)84-49-87-78)72(90-99)53-20-27-61(28-21-53)104-60-14-4-3-5-15-60/h3-25,27-32,49-51,57-59H,34-48H2,1-2H3,(H2,81,84,87)(H2,82,85,88)(H2,83,86,89)/b18-10+,19-11+. The first kappa shape index (κ1) is 68.9. The van der Waals surface area contributed by atoms with Crippen LogP contribution in [0.25, 0.3) is 66.9 Å². The summed E-state index contributed by atoms with van der Waals surface area (Å²) in [6, 6.07) is 47.8. The molecule has 3 aliphatic rings. The summed E-state index contributed by atoms with van der Waals surface area (Å²) in [7, 11) is 3.60. The normalized spacial score (nSPS) is 14.8. The molecule has 0 saturated carbocycles. The lowest BCUT2D eigenvalue weighted by molar-refractivity contribution is -0.128. The van der Waals surface area contributed by atoms with Crippen molar-refractivity contribution >= 4 is 68.3 Å². The number of carbonyl (C=O) groups is 3. The highest BCUT2D eigenvalue weighted by atomic mass is 16.5. The van der Waals surface area contributed by atoms with E-state index in [2.05, 4.69) is 46.6 Å². The Morgan fingerprint density at radius 2 is 0.868 bits per heavy atom. The first-order chi connectivity index (χ1) is 51.9. The van der Waals surface area contributed by atoms with Crippen molar-refractivity contribution in [1.82, 2.24) is 78.8 Å². The summed E-state index contributed by atoms with van der Waals surface area (Å²) < 4.78 is 29.8. The van der Waals surface area contributed by atoms with Crippen LogP contribution in [-0.2, 0) is 25.7 Å². The van der Waals surface area contributed by atoms with Crippen LogP contribution in [0.2, 0.25) is 0 Å². The predicted octanol–water partition coefficient (Wildman–Crippen LogP) is 11.7. The molecule has 0 bridgehead atoms. The van der Waals surface area contributed by atoms with Gasteiger partial charge in [-0.2, -0.15) is 15.3 Å². The van der Waals surface area contributed by atoms with Gasteiger partial charge in [0.25, 0.3) is 5.91 Å². The zero-order chi connectivity index (χ0) is 72.6. The molecule has 0 radical (unpaired) electrons. The lowest BCUT2D eigenvalue weighted by Crippen LogP contribution is -2.38. The maximum atomic E-state index is 13.7. The molecule has 26 nitrogen and oxygen atoms in total. The summed E-state index contributed by atoms with van der Waals surface area (Å²) in [5.41, 5.74) is 27.4. The molecule has 6 aromatic carbocycles. The van der Waals surface area contributed by atoms with Crippen LogP contribution < -0.4 is 31.4 Å². The molecule has 0 aliphatic carbocycles. The SMILES string of the molecule is COC/C=C/C(=O)N1CCC(n2nc(-c3ccc(Oc4ccccc4CN(C)C/C=C/C(=O)N4CCC(n5nc(-c6ccc(Oc7ccccc7C#CC(=O)N7CCC(n8nc(-c9ccc(Oc%10ccccc%10)cc9)c9c(N)ncnc98)CC7)cc6)c6c(N)ncnc65)CC4)cc3)c3c(N)ncnc32)CC1. The topological polar surface area (TPSA) is 310 Å². The van der Waals surface area contributed by atoms with E-state index in [9.17, 15) is 14.4 Å². The molecular weight excluding hydrogens is 1340 g/mol. The molecule has 534 valence electrons. The quantitative estimate of drug-likeness (QED) is 0.0471. The molecule has 0 atom stereocenters. The summed E-state index contributed by atoms with van der Waals surface area (Å²) in [6.07, 6.45) is 15.2. The number of amides is 3. The van der Waals surface area contributed by atoms with Gasteiger partial charge in [-0.05, 0) is 149 Å². The molecule has 12 aromatic rings. The molecule has 3 fully saturated rings. The number of para-hydroxylation sites is 3. The van der Waals surface area contributed by atoms with Gasteiger partial charge in [0.2, 0.25) is 11.8 Å². The van der Waals surface area contributed by atoms with Crippen LogP contribution in [0.15, 0.2) is 195 Å². The Balaban J connectivity index is 0.533. The van der Waals surface area contributed by atoms with Crippen molar-refractivity contribution in [3.8, 4) is 80.1 Å². The number of aromatic nitrogens is 12. The minimum atomic E-state index is -0.285. The Hall–Kier alpha value is -12.9. The van der Waals surface area contributed by atoms with E-state index < -0.39 is 0 Å². The minimum absolute atomic E-state index is 0.0192. The fourth-order valence-corrected chi connectivity index (χ4v) is 14.0. The molecule has 6 aromatic heterocycles. The molecule has 6 N–H and O–H groups in total. The number of anilines is 3. The van der Waals surface area contributed by atoms with Crippen LogP contribution in [0.5, 0.6) is 34.5 Å². The molecule has 106 heavy (non-hydrogen) atoms. The molecule has 9 heterocycles. The van der Waals surface area contributed by atoms with Crippen LogP contribution in [0.1, 0.15) is 67.8 Å². The van der Waals surface area contributed by atoms with Gasteiger partial charge in [-0.15, -0.1) is 0 Å². The Bertz CT molecular complexity index is 5320. The average molecular weight is 1420 g/mol. The number of likely N-dealkylation sites (N-methyl/N-ethyl adjacent to an activating group) is 1. The van der Waals surface area contributed by atoms with Crippen LogP contribution in [0, 0.1) is 11.8 Å². The lowest BCUT2D eigenvalue weighted by atomic mass is 10.0. The number of piperidine rings is 3. The van der Waals surface area contributed by atoms with Crippen molar-refractivity contribution in [2.24, 2.45) is 0 Å². The van der Waals surface area contributed by atoms with Gasteiger partial charge in [-0.1, -0.05) is 66.6 Å². The van der Waals surface area contributed by atoms with E-state index >= 15 is 0 Å². The lowest BCUT2D eigenvalue weighted by Gasteiger charge is -2.31. The molecule has 3 amide bonds. The maximum absolute atomic E-state index is 13.7. The van der Waals surface area contributed by atoms with Gasteiger partial charge < -0.3 is 50.8 Å². The molecule has 3 aliphatic heterocycles. The first-order valence-corrected chi connectivity index (χ1v) is 35.3. The number of nitrogen functional groups attached to an aromatic ring is 3. The largest absolute Gasteiger partial charge is 0.457 e. The second kappa shape index (κ2) is 31.0. The number of hydrogen-bond acceptors (Lipinski definition) is 20. The molecule has 0 unspecified atom stereocenters. The summed E-state index contributed by atoms with van der Waals surface area (Å²) >= 11 is 0. The van der Waals surface area contributed by atoms with Gasteiger partial charge in [-0.25, -0.2) is 43.9 Å². The third-order valence-corrected chi connectivity index (χ3v) is 19.5. The molecule has 3 saturated heterocycles.